The van der Waals surface area contributed by atoms with Gasteiger partial charge in [-0.25, -0.2) is 0 Å². The zero-order valence-corrected chi connectivity index (χ0v) is 15.3. The van der Waals surface area contributed by atoms with Gasteiger partial charge in [0.1, 0.15) is 22.8 Å². The second kappa shape index (κ2) is 5.91. The minimum absolute atomic E-state index is 0.0937. The zero-order chi connectivity index (χ0) is 21.4. The number of hydrogen-bond acceptors (Lipinski definition) is 8. The van der Waals surface area contributed by atoms with Crippen molar-refractivity contribution in [3.63, 3.8) is 0 Å². The third-order valence-electron chi connectivity index (χ3n) is 6.36. The fraction of sp³-hybridized carbons (Fsp3) is 0.350. The van der Waals surface area contributed by atoms with Crippen LogP contribution in [-0.2, 0) is 9.59 Å². The lowest BCUT2D eigenvalue weighted by molar-refractivity contribution is -0.154. The number of nitrogens with two attached hydrogens (primary N) is 1. The third-order valence-corrected chi connectivity index (χ3v) is 6.36. The van der Waals surface area contributed by atoms with Crippen molar-refractivity contribution in [2.45, 2.75) is 31.0 Å². The molecule has 4 rings (SSSR count). The van der Waals surface area contributed by atoms with E-state index in [0.717, 1.165) is 0 Å². The van der Waals surface area contributed by atoms with Crippen LogP contribution >= 0.6 is 0 Å². The highest BCUT2D eigenvalue weighted by Crippen LogP contribution is 2.54. The second-order valence-corrected chi connectivity index (χ2v) is 7.73. The normalized spacial score (nSPS) is 33.9. The van der Waals surface area contributed by atoms with Gasteiger partial charge in [-0.1, -0.05) is 19.1 Å². The Morgan fingerprint density at radius 3 is 2.48 bits per heavy atom. The Hall–Kier alpha value is -3.17. The average Bonchev–Trinajstić information content (AvgIpc) is 2.65. The smallest absolute Gasteiger partial charge is 0.255 e. The van der Waals surface area contributed by atoms with Crippen LogP contribution in [0.15, 0.2) is 40.9 Å². The number of carbonyl (C=O) groups excluding carboxylic acids is 3. The number of aliphatic hydroxyl groups is 4. The quantitative estimate of drug-likeness (QED) is 0.359. The predicted octanol–water partition coefficient (Wildman–Crippen LogP) is 0.112. The average molecular weight is 401 g/mol. The lowest BCUT2D eigenvalue weighted by Gasteiger charge is -2.50. The highest BCUT2D eigenvalue weighted by Gasteiger charge is 2.64. The minimum atomic E-state index is -2.81. The molecule has 7 N–H and O–H groups in total. The Kier molecular flexibility index (Phi) is 3.91. The predicted molar refractivity (Wildman–Crippen MR) is 96.9 cm³/mol. The Bertz CT molecular complexity index is 1050. The maximum absolute atomic E-state index is 13.1. The van der Waals surface area contributed by atoms with Crippen LogP contribution in [0.1, 0.15) is 35.2 Å². The van der Waals surface area contributed by atoms with Crippen molar-refractivity contribution >= 4 is 17.5 Å². The number of rotatable bonds is 1. The maximum Gasteiger partial charge on any atom is 0.255 e. The van der Waals surface area contributed by atoms with Crippen molar-refractivity contribution in [3.8, 4) is 5.75 Å². The molecule has 0 saturated carbocycles. The number of aliphatic hydroxyl groups excluding tert-OH is 3. The summed E-state index contributed by atoms with van der Waals surface area (Å²) in [5.41, 5.74) is 1.38. The van der Waals surface area contributed by atoms with Crippen LogP contribution < -0.4 is 5.73 Å². The van der Waals surface area contributed by atoms with E-state index in [1.165, 1.54) is 12.1 Å². The van der Waals surface area contributed by atoms with E-state index >= 15 is 0 Å². The maximum atomic E-state index is 13.1. The summed E-state index contributed by atoms with van der Waals surface area (Å²) in [6, 6.07) is 4.43. The first-order valence-corrected chi connectivity index (χ1v) is 9.00. The van der Waals surface area contributed by atoms with Crippen LogP contribution in [0.4, 0.5) is 0 Å². The molecule has 1 aromatic rings. The topological polar surface area (TPSA) is 178 Å². The number of phenolic OH excluding ortho intramolecular Hbond substituents is 1. The lowest BCUT2D eigenvalue weighted by Crippen LogP contribution is -2.62. The number of primary amides is 1. The highest BCUT2D eigenvalue weighted by atomic mass is 16.4. The zero-order valence-electron chi connectivity index (χ0n) is 15.3. The van der Waals surface area contributed by atoms with Crippen molar-refractivity contribution in [1.29, 1.82) is 0 Å². The van der Waals surface area contributed by atoms with E-state index < -0.39 is 76.0 Å². The van der Waals surface area contributed by atoms with E-state index in [1.807, 2.05) is 0 Å². The summed E-state index contributed by atoms with van der Waals surface area (Å²) in [4.78, 5) is 37.5. The number of carbonyl (C=O) groups is 3. The summed E-state index contributed by atoms with van der Waals surface area (Å²) in [7, 11) is 0. The number of Topliss-reactive ketones (excluding diaryl/α,β-unsaturated/α-hetero) is 2. The van der Waals surface area contributed by atoms with Crippen molar-refractivity contribution in [3.05, 3.63) is 52.0 Å². The van der Waals surface area contributed by atoms with E-state index in [0.29, 0.717) is 5.56 Å². The molecule has 0 radical (unpaired) electrons. The van der Waals surface area contributed by atoms with Gasteiger partial charge in [-0.2, -0.15) is 0 Å². The van der Waals surface area contributed by atoms with Crippen LogP contribution in [-0.4, -0.2) is 54.7 Å². The molecule has 1 aromatic carbocycles. The molecule has 3 aliphatic carbocycles. The number of benzene rings is 1. The minimum Gasteiger partial charge on any atom is -0.511 e. The molecule has 0 fully saturated rings. The number of aromatic hydroxyl groups is 1. The molecule has 152 valence electrons. The van der Waals surface area contributed by atoms with Gasteiger partial charge in [0.2, 0.25) is 5.78 Å². The molecule has 1 amide bonds. The van der Waals surface area contributed by atoms with Crippen molar-refractivity contribution in [1.82, 2.24) is 0 Å². The number of ketones is 2. The fourth-order valence-electron chi connectivity index (χ4n) is 4.95. The van der Waals surface area contributed by atoms with Gasteiger partial charge in [-0.3, -0.25) is 14.4 Å². The van der Waals surface area contributed by atoms with Gasteiger partial charge in [-0.15, -0.1) is 0 Å². The summed E-state index contributed by atoms with van der Waals surface area (Å²) in [5, 5.41) is 53.3. The van der Waals surface area contributed by atoms with Gasteiger partial charge in [0.25, 0.3) is 5.91 Å². The molecule has 0 aromatic heterocycles. The molecule has 5 unspecified atom stereocenters. The number of allylic oxidation sites excluding steroid dienone is 1. The summed E-state index contributed by atoms with van der Waals surface area (Å²) < 4.78 is 0. The van der Waals surface area contributed by atoms with Crippen molar-refractivity contribution in [2.75, 3.05) is 0 Å². The van der Waals surface area contributed by atoms with E-state index in [4.69, 9.17) is 5.73 Å². The first kappa shape index (κ1) is 19.2. The molecular weight excluding hydrogens is 382 g/mol. The summed E-state index contributed by atoms with van der Waals surface area (Å²) >= 11 is 0. The molecule has 9 heteroatoms. The standard InChI is InChI=1S/C20H19NO8/c1-6-7-3-2-4-9(22)12(7)16(25)14-11(6)15(24)8-5-10(23)13(19(21)28)17(26)20(8,29)18(14)27/h2-4,6,8,11,15,22-24,27,29H,5H2,1H3,(H2,21,28). The summed E-state index contributed by atoms with van der Waals surface area (Å²) in [5.74, 6) is -8.53. The van der Waals surface area contributed by atoms with E-state index in [2.05, 4.69) is 0 Å². The van der Waals surface area contributed by atoms with E-state index in [1.54, 1.807) is 13.0 Å². The number of amides is 1. The van der Waals surface area contributed by atoms with Crippen molar-refractivity contribution in [2.24, 2.45) is 17.6 Å². The Balaban J connectivity index is 2.00. The summed E-state index contributed by atoms with van der Waals surface area (Å²) in [6.07, 6.45) is -2.01. The molecule has 5 atom stereocenters. The molecule has 0 bridgehead atoms. The summed E-state index contributed by atoms with van der Waals surface area (Å²) in [6.45, 7) is 1.67. The van der Waals surface area contributed by atoms with Gasteiger partial charge >= 0.3 is 0 Å². The van der Waals surface area contributed by atoms with Crippen molar-refractivity contribution < 1.29 is 39.9 Å². The number of phenols is 1. The Morgan fingerprint density at radius 2 is 1.86 bits per heavy atom. The van der Waals surface area contributed by atoms with Gasteiger partial charge < -0.3 is 31.3 Å². The number of fused-ring (bicyclic) bond motifs is 3. The molecule has 3 aliphatic rings. The molecule has 0 saturated heterocycles. The van der Waals surface area contributed by atoms with Crippen LogP contribution in [0.2, 0.25) is 0 Å². The van der Waals surface area contributed by atoms with Gasteiger partial charge in [-0.05, 0) is 17.5 Å². The van der Waals surface area contributed by atoms with Gasteiger partial charge in [0.05, 0.1) is 11.7 Å². The largest absolute Gasteiger partial charge is 0.511 e. The molecule has 29 heavy (non-hydrogen) atoms. The number of hydrogen-bond donors (Lipinski definition) is 6. The van der Waals surface area contributed by atoms with Crippen LogP contribution in [0, 0.1) is 11.8 Å². The Morgan fingerprint density at radius 1 is 1.21 bits per heavy atom. The van der Waals surface area contributed by atoms with E-state index in [9.17, 15) is 39.9 Å². The Labute approximate surface area is 164 Å². The molecule has 0 aliphatic heterocycles. The van der Waals surface area contributed by atoms with Crippen LogP contribution in [0.25, 0.3) is 0 Å². The monoisotopic (exact) mass is 401 g/mol. The first-order valence-electron chi connectivity index (χ1n) is 9.00. The fourth-order valence-corrected chi connectivity index (χ4v) is 4.95. The molecular formula is C20H19NO8. The van der Waals surface area contributed by atoms with Gasteiger partial charge in [0.15, 0.2) is 11.4 Å². The lowest BCUT2D eigenvalue weighted by atomic mass is 9.56. The first-order chi connectivity index (χ1) is 13.5. The molecule has 0 heterocycles. The third kappa shape index (κ3) is 2.19. The van der Waals surface area contributed by atoms with E-state index in [-0.39, 0.29) is 11.3 Å². The van der Waals surface area contributed by atoms with Crippen LogP contribution in [0.5, 0.6) is 5.75 Å². The van der Waals surface area contributed by atoms with Crippen LogP contribution in [0.3, 0.4) is 0 Å². The second-order valence-electron chi connectivity index (χ2n) is 7.73. The SMILES string of the molecule is CC1c2cccc(O)c2C(=O)C2=C(O)C3(O)C(=O)C(C(N)=O)=C(O)CC3C(O)C21. The molecule has 9 nitrogen and oxygen atoms in total. The van der Waals surface area contributed by atoms with Gasteiger partial charge in [0, 0.05) is 23.8 Å². The highest BCUT2D eigenvalue weighted by molar-refractivity contribution is 6.24. The molecule has 0 spiro atoms.